The highest BCUT2D eigenvalue weighted by atomic mass is 32.1. The van der Waals surface area contributed by atoms with Gasteiger partial charge in [-0.1, -0.05) is 24.3 Å². The van der Waals surface area contributed by atoms with Gasteiger partial charge in [0.15, 0.2) is 0 Å². The fourth-order valence-corrected chi connectivity index (χ4v) is 2.43. The maximum Gasteiger partial charge on any atom is 0.277 e. The Morgan fingerprint density at radius 1 is 1.00 bits per heavy atom. The van der Waals surface area contributed by atoms with Crippen LogP contribution < -0.4 is 0 Å². The number of nitro groups is 1. The fourth-order valence-electron chi connectivity index (χ4n) is 1.88. The molecule has 0 bridgehead atoms. The Hall–Kier alpha value is -2.34. The van der Waals surface area contributed by atoms with Crippen LogP contribution in [0.4, 0.5) is 5.69 Å². The van der Waals surface area contributed by atoms with E-state index in [2.05, 4.69) is 8.75 Å². The SMILES string of the molecule is O=[N+]([O-])c1ccccc1-c1cccc2nsnc12. The van der Waals surface area contributed by atoms with Gasteiger partial charge in [0.05, 0.1) is 22.2 Å². The van der Waals surface area contributed by atoms with E-state index in [-0.39, 0.29) is 10.6 Å². The molecule has 0 aliphatic carbocycles. The highest BCUT2D eigenvalue weighted by molar-refractivity contribution is 7.00. The van der Waals surface area contributed by atoms with Gasteiger partial charge in [0.1, 0.15) is 11.0 Å². The van der Waals surface area contributed by atoms with Crippen molar-refractivity contribution in [3.05, 3.63) is 52.6 Å². The molecule has 0 aliphatic heterocycles. The Balaban J connectivity index is 2.33. The quantitative estimate of drug-likeness (QED) is 0.522. The molecule has 5 nitrogen and oxygen atoms in total. The Morgan fingerprint density at radius 2 is 1.78 bits per heavy atom. The number of rotatable bonds is 2. The third-order valence-corrected chi connectivity index (χ3v) is 3.22. The van der Waals surface area contributed by atoms with E-state index >= 15 is 0 Å². The molecule has 0 saturated heterocycles. The Morgan fingerprint density at radius 3 is 2.61 bits per heavy atom. The summed E-state index contributed by atoms with van der Waals surface area (Å²) >= 11 is 1.11. The molecule has 88 valence electrons. The summed E-state index contributed by atoms with van der Waals surface area (Å²) in [5, 5.41) is 11.0. The van der Waals surface area contributed by atoms with E-state index in [1.807, 2.05) is 18.2 Å². The highest BCUT2D eigenvalue weighted by Gasteiger charge is 2.17. The molecule has 0 fully saturated rings. The van der Waals surface area contributed by atoms with Gasteiger partial charge in [0.25, 0.3) is 5.69 Å². The van der Waals surface area contributed by atoms with Crippen LogP contribution in [-0.2, 0) is 0 Å². The van der Waals surface area contributed by atoms with Gasteiger partial charge in [-0.15, -0.1) is 0 Å². The predicted molar refractivity (Wildman–Crippen MR) is 69.5 cm³/mol. The first-order valence-electron chi connectivity index (χ1n) is 5.22. The summed E-state index contributed by atoms with van der Waals surface area (Å²) in [6.07, 6.45) is 0. The molecular weight excluding hydrogens is 250 g/mol. The molecule has 0 aliphatic rings. The molecule has 1 aromatic heterocycles. The van der Waals surface area contributed by atoms with Gasteiger partial charge in [0.2, 0.25) is 0 Å². The Bertz CT molecular complexity index is 739. The summed E-state index contributed by atoms with van der Waals surface area (Å²) in [6, 6.07) is 12.2. The predicted octanol–water partition coefficient (Wildman–Crippen LogP) is 3.27. The average Bonchev–Trinajstić information content (AvgIpc) is 2.86. The van der Waals surface area contributed by atoms with Crippen LogP contribution in [0.25, 0.3) is 22.2 Å². The van der Waals surface area contributed by atoms with Gasteiger partial charge in [-0.3, -0.25) is 10.1 Å². The zero-order valence-electron chi connectivity index (χ0n) is 9.11. The third-order valence-electron chi connectivity index (χ3n) is 2.68. The number of benzene rings is 2. The van der Waals surface area contributed by atoms with E-state index in [0.717, 1.165) is 22.8 Å². The largest absolute Gasteiger partial charge is 0.277 e. The van der Waals surface area contributed by atoms with Gasteiger partial charge < -0.3 is 0 Å². The molecule has 0 spiro atoms. The lowest BCUT2D eigenvalue weighted by atomic mass is 10.0. The van der Waals surface area contributed by atoms with Crippen molar-refractivity contribution in [2.75, 3.05) is 0 Å². The Kier molecular flexibility index (Phi) is 2.49. The number of fused-ring (bicyclic) bond motifs is 1. The van der Waals surface area contributed by atoms with Crippen molar-refractivity contribution < 1.29 is 4.92 Å². The maximum absolute atomic E-state index is 11.0. The van der Waals surface area contributed by atoms with E-state index < -0.39 is 0 Å². The summed E-state index contributed by atoms with van der Waals surface area (Å²) in [5.41, 5.74) is 2.86. The van der Waals surface area contributed by atoms with Gasteiger partial charge in [-0.2, -0.15) is 8.75 Å². The molecule has 3 rings (SSSR count). The lowest BCUT2D eigenvalue weighted by Gasteiger charge is -2.03. The zero-order valence-corrected chi connectivity index (χ0v) is 9.92. The second-order valence-electron chi connectivity index (χ2n) is 3.71. The molecule has 0 atom stereocenters. The highest BCUT2D eigenvalue weighted by Crippen LogP contribution is 2.33. The molecule has 2 aromatic carbocycles. The maximum atomic E-state index is 11.0. The zero-order chi connectivity index (χ0) is 12.5. The third kappa shape index (κ3) is 1.63. The van der Waals surface area contributed by atoms with Crippen LogP contribution in [0.15, 0.2) is 42.5 Å². The van der Waals surface area contributed by atoms with Crippen molar-refractivity contribution in [2.24, 2.45) is 0 Å². The monoisotopic (exact) mass is 257 g/mol. The summed E-state index contributed by atoms with van der Waals surface area (Å²) in [4.78, 5) is 10.7. The second-order valence-corrected chi connectivity index (χ2v) is 4.24. The molecule has 0 saturated carbocycles. The van der Waals surface area contributed by atoms with Crippen LogP contribution in [-0.4, -0.2) is 13.7 Å². The standard InChI is InChI=1S/C12H7N3O2S/c16-15(17)11-7-2-1-4-8(11)9-5-3-6-10-12(9)14-18-13-10/h1-7H. The number of hydrogen-bond donors (Lipinski definition) is 0. The van der Waals surface area contributed by atoms with Crippen LogP contribution in [0.5, 0.6) is 0 Å². The molecule has 0 radical (unpaired) electrons. The van der Waals surface area contributed by atoms with Crippen LogP contribution in [0.3, 0.4) is 0 Å². The first-order chi connectivity index (χ1) is 8.77. The van der Waals surface area contributed by atoms with E-state index in [4.69, 9.17) is 0 Å². The Labute approximate surface area is 106 Å². The van der Waals surface area contributed by atoms with Crippen molar-refractivity contribution in [3.8, 4) is 11.1 Å². The van der Waals surface area contributed by atoms with E-state index in [0.29, 0.717) is 11.1 Å². The molecule has 0 amide bonds. The summed E-state index contributed by atoms with van der Waals surface area (Å²) in [7, 11) is 0. The van der Waals surface area contributed by atoms with Crippen molar-refractivity contribution in [2.45, 2.75) is 0 Å². The molecule has 1 heterocycles. The molecule has 3 aromatic rings. The van der Waals surface area contributed by atoms with Gasteiger partial charge in [0, 0.05) is 11.6 Å². The van der Waals surface area contributed by atoms with E-state index in [9.17, 15) is 10.1 Å². The second kappa shape index (κ2) is 4.15. The summed E-state index contributed by atoms with van der Waals surface area (Å²) < 4.78 is 8.34. The van der Waals surface area contributed by atoms with Gasteiger partial charge >= 0.3 is 0 Å². The minimum absolute atomic E-state index is 0.0815. The first kappa shape index (κ1) is 10.8. The lowest BCUT2D eigenvalue weighted by molar-refractivity contribution is -0.384. The van der Waals surface area contributed by atoms with Gasteiger partial charge in [-0.25, -0.2) is 0 Å². The topological polar surface area (TPSA) is 68.9 Å². The van der Waals surface area contributed by atoms with Crippen molar-refractivity contribution in [1.82, 2.24) is 8.75 Å². The van der Waals surface area contributed by atoms with Crippen LogP contribution >= 0.6 is 11.7 Å². The van der Waals surface area contributed by atoms with E-state index in [1.54, 1.807) is 18.2 Å². The fraction of sp³-hybridized carbons (Fsp3) is 0. The number of nitro benzene ring substituents is 1. The summed E-state index contributed by atoms with van der Waals surface area (Å²) in [5.74, 6) is 0. The molecule has 18 heavy (non-hydrogen) atoms. The van der Waals surface area contributed by atoms with Gasteiger partial charge in [-0.05, 0) is 12.1 Å². The minimum atomic E-state index is -0.381. The van der Waals surface area contributed by atoms with Crippen LogP contribution in [0.2, 0.25) is 0 Å². The number of para-hydroxylation sites is 1. The van der Waals surface area contributed by atoms with Crippen LogP contribution in [0, 0.1) is 10.1 Å². The first-order valence-corrected chi connectivity index (χ1v) is 5.95. The number of nitrogens with zero attached hydrogens (tertiary/aromatic N) is 3. The molecule has 0 unspecified atom stereocenters. The van der Waals surface area contributed by atoms with Crippen LogP contribution in [0.1, 0.15) is 0 Å². The normalized spacial score (nSPS) is 10.7. The minimum Gasteiger partial charge on any atom is -0.258 e. The van der Waals surface area contributed by atoms with E-state index in [1.165, 1.54) is 6.07 Å². The summed E-state index contributed by atoms with van der Waals surface area (Å²) in [6.45, 7) is 0. The number of hydrogen-bond acceptors (Lipinski definition) is 5. The van der Waals surface area contributed by atoms with Crippen molar-refractivity contribution in [3.63, 3.8) is 0 Å². The average molecular weight is 257 g/mol. The molecule has 6 heteroatoms. The van der Waals surface area contributed by atoms with Crippen molar-refractivity contribution >= 4 is 28.4 Å². The smallest absolute Gasteiger partial charge is 0.258 e. The lowest BCUT2D eigenvalue weighted by Crippen LogP contribution is -1.92. The molecule has 0 N–H and O–H groups in total. The number of aromatic nitrogens is 2. The van der Waals surface area contributed by atoms with Crippen molar-refractivity contribution in [1.29, 1.82) is 0 Å². The molecular formula is C12H7N3O2S.